The zero-order valence-corrected chi connectivity index (χ0v) is 15.5. The summed E-state index contributed by atoms with van der Waals surface area (Å²) < 4.78 is 37.8. The second kappa shape index (κ2) is 9.51. The Bertz CT molecular complexity index is 784. The van der Waals surface area contributed by atoms with Gasteiger partial charge < -0.3 is 19.1 Å². The molecule has 0 unspecified atom stereocenters. The highest BCUT2D eigenvalue weighted by Gasteiger charge is 2.09. The molecule has 0 bridgehead atoms. The third kappa shape index (κ3) is 5.40. The van der Waals surface area contributed by atoms with Crippen molar-refractivity contribution in [1.29, 1.82) is 0 Å². The molecule has 2 rings (SSSR count). The van der Waals surface area contributed by atoms with Crippen LogP contribution in [0.3, 0.4) is 0 Å². The summed E-state index contributed by atoms with van der Waals surface area (Å²) in [6.45, 7) is 2.86. The fraction of sp³-hybridized carbons (Fsp3) is 0.263. The SMILES string of the molecule is COc1ccc(C(C)=NOCON=C(C)c2ccc(OC)cc2F)c(F)c1. The van der Waals surface area contributed by atoms with Gasteiger partial charge in [0.1, 0.15) is 23.1 Å². The van der Waals surface area contributed by atoms with Crippen molar-refractivity contribution in [2.24, 2.45) is 10.3 Å². The Morgan fingerprint density at radius 3 is 1.52 bits per heavy atom. The molecule has 2 aromatic rings. The summed E-state index contributed by atoms with van der Waals surface area (Å²) in [6.07, 6.45) is 0. The van der Waals surface area contributed by atoms with Gasteiger partial charge in [-0.05, 0) is 38.1 Å². The summed E-state index contributed by atoms with van der Waals surface area (Å²) in [4.78, 5) is 9.92. The Morgan fingerprint density at radius 1 is 0.778 bits per heavy atom. The van der Waals surface area contributed by atoms with Crippen LogP contribution < -0.4 is 9.47 Å². The van der Waals surface area contributed by atoms with Gasteiger partial charge in [-0.2, -0.15) is 0 Å². The molecule has 0 saturated carbocycles. The molecular formula is C19H20F2N2O4. The first kappa shape index (κ1) is 20.2. The minimum atomic E-state index is -0.482. The van der Waals surface area contributed by atoms with E-state index in [1.807, 2.05) is 0 Å². The van der Waals surface area contributed by atoms with Crippen LogP contribution in [0.5, 0.6) is 11.5 Å². The number of benzene rings is 2. The van der Waals surface area contributed by atoms with Crippen LogP contribution in [0.2, 0.25) is 0 Å². The normalized spacial score (nSPS) is 11.9. The number of rotatable bonds is 8. The number of halogens is 2. The van der Waals surface area contributed by atoms with Gasteiger partial charge in [0.05, 0.1) is 25.6 Å². The van der Waals surface area contributed by atoms with Crippen LogP contribution in [0, 0.1) is 11.6 Å². The first-order valence-corrected chi connectivity index (χ1v) is 7.97. The molecule has 144 valence electrons. The molecule has 0 heterocycles. The Kier molecular flexibility index (Phi) is 7.10. The van der Waals surface area contributed by atoms with Gasteiger partial charge >= 0.3 is 0 Å². The second-order valence-corrected chi connectivity index (χ2v) is 5.42. The Hall–Kier alpha value is -3.16. The van der Waals surface area contributed by atoms with Crippen LogP contribution in [0.25, 0.3) is 0 Å². The molecule has 0 aliphatic heterocycles. The van der Waals surface area contributed by atoms with Gasteiger partial charge in [-0.3, -0.25) is 0 Å². The maximum absolute atomic E-state index is 13.9. The van der Waals surface area contributed by atoms with E-state index in [1.54, 1.807) is 26.0 Å². The van der Waals surface area contributed by atoms with Crippen LogP contribution in [0.15, 0.2) is 46.7 Å². The quantitative estimate of drug-likeness (QED) is 0.300. The van der Waals surface area contributed by atoms with E-state index < -0.39 is 11.6 Å². The molecule has 0 amide bonds. The highest BCUT2D eigenvalue weighted by atomic mass is 19.1. The standard InChI is InChI=1S/C19H20F2N2O4/c1-12(16-7-5-14(24-3)9-18(16)20)22-26-11-27-23-13(2)17-8-6-15(25-4)10-19(17)21/h5-10H,11H2,1-4H3. The van der Waals surface area contributed by atoms with Crippen molar-refractivity contribution in [3.63, 3.8) is 0 Å². The van der Waals surface area contributed by atoms with E-state index >= 15 is 0 Å². The average molecular weight is 378 g/mol. The van der Waals surface area contributed by atoms with Gasteiger partial charge in [0.25, 0.3) is 6.79 Å². The number of ether oxygens (including phenoxy) is 2. The van der Waals surface area contributed by atoms with Gasteiger partial charge in [-0.25, -0.2) is 8.78 Å². The zero-order chi connectivity index (χ0) is 19.8. The van der Waals surface area contributed by atoms with Crippen molar-refractivity contribution in [1.82, 2.24) is 0 Å². The largest absolute Gasteiger partial charge is 0.497 e. The Labute approximate surface area is 156 Å². The lowest BCUT2D eigenvalue weighted by Crippen LogP contribution is -2.03. The van der Waals surface area contributed by atoms with Gasteiger partial charge in [-0.1, -0.05) is 10.3 Å². The van der Waals surface area contributed by atoms with Crippen LogP contribution in [0.4, 0.5) is 8.78 Å². The Balaban J connectivity index is 1.92. The maximum Gasteiger partial charge on any atom is 0.280 e. The monoisotopic (exact) mass is 378 g/mol. The first-order valence-electron chi connectivity index (χ1n) is 7.97. The van der Waals surface area contributed by atoms with Crippen molar-refractivity contribution in [3.05, 3.63) is 59.2 Å². The van der Waals surface area contributed by atoms with E-state index in [9.17, 15) is 8.78 Å². The van der Waals surface area contributed by atoms with Crippen LogP contribution >= 0.6 is 0 Å². The lowest BCUT2D eigenvalue weighted by molar-refractivity contribution is -0.0505. The molecular weight excluding hydrogens is 358 g/mol. The van der Waals surface area contributed by atoms with Gasteiger partial charge in [-0.15, -0.1) is 0 Å². The third-order valence-electron chi connectivity index (χ3n) is 3.64. The zero-order valence-electron chi connectivity index (χ0n) is 15.5. The fourth-order valence-corrected chi connectivity index (χ4v) is 2.20. The third-order valence-corrected chi connectivity index (χ3v) is 3.64. The minimum Gasteiger partial charge on any atom is -0.497 e. The van der Waals surface area contributed by atoms with Gasteiger partial charge in [0.15, 0.2) is 0 Å². The highest BCUT2D eigenvalue weighted by Crippen LogP contribution is 2.18. The number of methoxy groups -OCH3 is 2. The summed E-state index contributed by atoms with van der Waals surface area (Å²) in [5.41, 5.74) is 1.19. The topological polar surface area (TPSA) is 61.6 Å². The molecule has 0 aliphatic rings. The molecule has 0 aromatic heterocycles. The van der Waals surface area contributed by atoms with Crippen molar-refractivity contribution in [2.45, 2.75) is 13.8 Å². The van der Waals surface area contributed by atoms with Crippen LogP contribution in [-0.4, -0.2) is 32.4 Å². The molecule has 2 aromatic carbocycles. The summed E-state index contributed by atoms with van der Waals surface area (Å²) in [6, 6.07) is 8.80. The molecule has 27 heavy (non-hydrogen) atoms. The van der Waals surface area contributed by atoms with Crippen molar-refractivity contribution in [3.8, 4) is 11.5 Å². The maximum atomic E-state index is 13.9. The number of oxime groups is 2. The van der Waals surface area contributed by atoms with Crippen molar-refractivity contribution < 1.29 is 27.9 Å². The summed E-state index contributed by atoms with van der Waals surface area (Å²) >= 11 is 0. The van der Waals surface area contributed by atoms with E-state index in [4.69, 9.17) is 19.1 Å². The molecule has 0 aliphatic carbocycles. The number of hydrogen-bond donors (Lipinski definition) is 0. The number of nitrogens with zero attached hydrogens (tertiary/aromatic N) is 2. The molecule has 0 N–H and O–H groups in total. The molecule has 0 radical (unpaired) electrons. The molecule has 8 heteroatoms. The van der Waals surface area contributed by atoms with Gasteiger partial charge in [0.2, 0.25) is 0 Å². The van der Waals surface area contributed by atoms with E-state index in [-0.39, 0.29) is 17.9 Å². The minimum absolute atomic E-state index is 0.274. The van der Waals surface area contributed by atoms with Crippen molar-refractivity contribution >= 4 is 11.4 Å². The van der Waals surface area contributed by atoms with Crippen LogP contribution in [-0.2, 0) is 9.68 Å². The van der Waals surface area contributed by atoms with E-state index in [2.05, 4.69) is 10.3 Å². The summed E-state index contributed by atoms with van der Waals surface area (Å²) in [5.74, 6) is -0.152. The second-order valence-electron chi connectivity index (χ2n) is 5.42. The summed E-state index contributed by atoms with van der Waals surface area (Å²) in [5, 5.41) is 7.54. The number of hydrogen-bond acceptors (Lipinski definition) is 6. The predicted octanol–water partition coefficient (Wildman–Crippen LogP) is 4.12. The Morgan fingerprint density at radius 2 is 1.19 bits per heavy atom. The van der Waals surface area contributed by atoms with E-state index in [1.165, 1.54) is 38.5 Å². The first-order chi connectivity index (χ1) is 13.0. The molecule has 0 saturated heterocycles. The highest BCUT2D eigenvalue weighted by molar-refractivity contribution is 5.99. The van der Waals surface area contributed by atoms with E-state index in [0.29, 0.717) is 22.9 Å². The molecule has 0 fully saturated rings. The smallest absolute Gasteiger partial charge is 0.280 e. The lowest BCUT2D eigenvalue weighted by atomic mass is 10.1. The molecule has 0 spiro atoms. The summed E-state index contributed by atoms with van der Waals surface area (Å²) in [7, 11) is 2.91. The van der Waals surface area contributed by atoms with Crippen LogP contribution in [0.1, 0.15) is 25.0 Å². The average Bonchev–Trinajstić information content (AvgIpc) is 2.66. The van der Waals surface area contributed by atoms with Crippen molar-refractivity contribution in [2.75, 3.05) is 21.0 Å². The van der Waals surface area contributed by atoms with Gasteiger partial charge in [0, 0.05) is 23.3 Å². The molecule has 6 nitrogen and oxygen atoms in total. The van der Waals surface area contributed by atoms with E-state index in [0.717, 1.165) is 0 Å². The fourth-order valence-electron chi connectivity index (χ4n) is 2.20. The predicted molar refractivity (Wildman–Crippen MR) is 97.4 cm³/mol. The lowest BCUT2D eigenvalue weighted by Gasteiger charge is -2.06. The molecule has 0 atom stereocenters.